The van der Waals surface area contributed by atoms with Gasteiger partial charge >= 0.3 is 17.9 Å². The summed E-state index contributed by atoms with van der Waals surface area (Å²) in [5, 5.41) is 1.50. The Labute approximate surface area is 241 Å². The minimum Gasteiger partial charge on any atom is -0.331 e. The Morgan fingerprint density at radius 2 is 1.93 bits per heavy atom. The Morgan fingerprint density at radius 1 is 1.18 bits per heavy atom. The molecule has 9 nitrogen and oxygen atoms in total. The van der Waals surface area contributed by atoms with Crippen molar-refractivity contribution in [2.45, 2.75) is 49.7 Å². The van der Waals surface area contributed by atoms with E-state index >= 15 is 0 Å². The maximum atomic E-state index is 14.8. The Balaban J connectivity index is 1.62. The summed E-state index contributed by atoms with van der Waals surface area (Å²) in [5.74, 6) is -6.85. The number of likely N-dealkylation sites (tertiary alicyclic amines) is 2. The second kappa shape index (κ2) is 10.9. The predicted octanol–water partition coefficient (Wildman–Crippen LogP) is 3.69. The summed E-state index contributed by atoms with van der Waals surface area (Å²) in [5.41, 5.74) is -2.88. The van der Waals surface area contributed by atoms with Gasteiger partial charge in [-0.15, -0.1) is 0 Å². The zero-order chi connectivity index (χ0) is 39.4. The molecule has 2 saturated heterocycles. The van der Waals surface area contributed by atoms with Crippen LogP contribution < -0.4 is 11.0 Å². The molecule has 2 aliphatic rings. The van der Waals surface area contributed by atoms with Crippen LogP contribution in [-0.2, 0) is 4.79 Å². The fourth-order valence-corrected chi connectivity index (χ4v) is 4.28. The number of amides is 3. The third-order valence-electron chi connectivity index (χ3n) is 6.04. The Kier molecular flexibility index (Phi) is 4.45. The number of rotatable bonds is 4. The molecule has 0 bridgehead atoms. The number of carbonyl (C=O) groups is 2. The molecular weight excluding hydrogens is 539 g/mol. The van der Waals surface area contributed by atoms with Gasteiger partial charge in [0.2, 0.25) is 5.91 Å². The van der Waals surface area contributed by atoms with Crippen molar-refractivity contribution in [3.63, 3.8) is 0 Å². The molecule has 0 unspecified atom stereocenters. The largest absolute Gasteiger partial charge is 0.406 e. The molecule has 3 aromatic rings. The number of pyridine rings is 1. The molecular formula is C26H27F5N6O3. The summed E-state index contributed by atoms with van der Waals surface area (Å²) in [7, 11) is 0. The highest BCUT2D eigenvalue weighted by molar-refractivity contribution is 5.87. The van der Waals surface area contributed by atoms with Crippen LogP contribution in [-0.4, -0.2) is 74.5 Å². The predicted molar refractivity (Wildman–Crippen MR) is 133 cm³/mol. The summed E-state index contributed by atoms with van der Waals surface area (Å²) >= 11 is 0. The molecule has 2 aromatic heterocycles. The molecule has 2 aliphatic heterocycles. The quantitative estimate of drug-likeness (QED) is 0.461. The van der Waals surface area contributed by atoms with Crippen LogP contribution in [0.2, 0.25) is 0 Å². The highest BCUT2D eigenvalue weighted by Crippen LogP contribution is 2.32. The summed E-state index contributed by atoms with van der Waals surface area (Å²) < 4.78 is 173. The summed E-state index contributed by atoms with van der Waals surface area (Å²) in [6, 6.07) is -4.93. The van der Waals surface area contributed by atoms with Crippen molar-refractivity contribution in [2.24, 2.45) is 0 Å². The van der Waals surface area contributed by atoms with Crippen LogP contribution in [0, 0.1) is 11.6 Å². The van der Waals surface area contributed by atoms with Crippen molar-refractivity contribution in [3.05, 3.63) is 64.2 Å². The number of alkyl halides is 3. The molecule has 40 heavy (non-hydrogen) atoms. The second-order valence-corrected chi connectivity index (χ2v) is 8.61. The molecule has 0 spiro atoms. The van der Waals surface area contributed by atoms with E-state index in [-0.39, 0.29) is 10.2 Å². The Morgan fingerprint density at radius 3 is 2.65 bits per heavy atom. The first kappa shape index (κ1) is 16.3. The molecule has 0 saturated carbocycles. The van der Waals surface area contributed by atoms with Gasteiger partial charge in [0.25, 0.3) is 0 Å². The van der Waals surface area contributed by atoms with Gasteiger partial charge in [0, 0.05) is 48.6 Å². The number of hydrogen-bond acceptors (Lipinski definition) is 4. The average Bonchev–Trinajstić information content (AvgIpc) is 3.29. The number of halogens is 5. The molecule has 1 aromatic carbocycles. The van der Waals surface area contributed by atoms with Crippen LogP contribution in [0.15, 0.2) is 41.3 Å². The molecule has 0 radical (unpaired) electrons. The lowest BCUT2D eigenvalue weighted by molar-refractivity contribution is -0.162. The van der Waals surface area contributed by atoms with Gasteiger partial charge in [-0.1, -0.05) is 12.1 Å². The van der Waals surface area contributed by atoms with Crippen LogP contribution in [0.3, 0.4) is 0 Å². The van der Waals surface area contributed by atoms with Gasteiger partial charge in [0.1, 0.15) is 12.5 Å². The average molecular weight is 579 g/mol. The standard InChI is InChI=1S/C26H27F5N6O3/c27-18-4-1-3-17(21(18)28)15-6-7-19(23(38)36(13-15)14-26(29,30)31)33-24(39)35-11-8-16(9-12-35)37-20-5-2-10-32-22(20)34-25(37)40/h1-5,10,15-16,19H,6-9,11-14H2,(H,33,39)(H,32,34,40)/t15-,19-/m1/s1/i8D2,9D2,11D2,12D2,14D2,16D,19D. The van der Waals surface area contributed by atoms with Crippen molar-refractivity contribution in [1.82, 2.24) is 29.7 Å². The van der Waals surface area contributed by atoms with Gasteiger partial charge in [-0.05, 0) is 49.4 Å². The van der Waals surface area contributed by atoms with Crippen LogP contribution >= 0.6 is 0 Å². The third kappa shape index (κ3) is 5.65. The number of aromatic nitrogens is 3. The maximum Gasteiger partial charge on any atom is 0.406 e. The second-order valence-electron chi connectivity index (χ2n) is 8.61. The molecule has 214 valence electrons. The Hall–Kier alpha value is -3.97. The number of imidazole rings is 1. The number of H-pyrrole nitrogens is 1. The minimum atomic E-state index is -5.88. The molecule has 4 heterocycles. The molecule has 2 N–H and O–H groups in total. The van der Waals surface area contributed by atoms with Crippen molar-refractivity contribution in [3.8, 4) is 0 Å². The molecule has 5 rings (SSSR count). The van der Waals surface area contributed by atoms with Crippen LogP contribution in [0.5, 0.6) is 0 Å². The number of aromatic amines is 1. The van der Waals surface area contributed by atoms with Gasteiger partial charge in [0.05, 0.1) is 11.0 Å². The number of fused-ring (bicyclic) bond motifs is 1. The van der Waals surface area contributed by atoms with E-state index in [1.807, 2.05) is 0 Å². The monoisotopic (exact) mass is 578 g/mol. The normalized spacial score (nSPS) is 33.5. The zero-order valence-electron chi connectivity index (χ0n) is 32.1. The van der Waals surface area contributed by atoms with Gasteiger partial charge in [-0.25, -0.2) is 23.4 Å². The fraction of sp³-hybridized carbons (Fsp3) is 0.462. The number of hydrogen-bond donors (Lipinski definition) is 2. The first-order valence-corrected chi connectivity index (χ1v) is 11.6. The molecule has 14 heteroatoms. The zero-order valence-corrected chi connectivity index (χ0v) is 20.1. The molecule has 2 atom stereocenters. The number of benzene rings is 1. The molecule has 0 aliphatic carbocycles. The summed E-state index contributed by atoms with van der Waals surface area (Å²) in [4.78, 5) is 45.1. The number of carbonyl (C=O) groups excluding carboxylic acids is 2. The number of piperidine rings is 1. The van der Waals surface area contributed by atoms with Crippen LogP contribution in [0.25, 0.3) is 11.2 Å². The van der Waals surface area contributed by atoms with Gasteiger partial charge in [-0.2, -0.15) is 13.2 Å². The number of nitrogens with one attached hydrogen (secondary N) is 2. The lowest BCUT2D eigenvalue weighted by Crippen LogP contribution is -2.54. The van der Waals surface area contributed by atoms with Crippen molar-refractivity contribution >= 4 is 23.1 Å². The van der Waals surface area contributed by atoms with E-state index in [1.165, 1.54) is 11.4 Å². The summed E-state index contributed by atoms with van der Waals surface area (Å²) in [6.45, 7) is -14.4. The fourth-order valence-electron chi connectivity index (χ4n) is 4.28. The lowest BCUT2D eigenvalue weighted by Gasteiger charge is -2.34. The first-order valence-electron chi connectivity index (χ1n) is 17.6. The molecule has 3 amide bonds. The lowest BCUT2D eigenvalue weighted by atomic mass is 9.93. The minimum absolute atomic E-state index is 0.0732. The van der Waals surface area contributed by atoms with Crippen LogP contribution in [0.1, 0.15) is 59.5 Å². The van der Waals surface area contributed by atoms with Crippen molar-refractivity contribution in [2.75, 3.05) is 26.0 Å². The topological polar surface area (TPSA) is 103 Å². The van der Waals surface area contributed by atoms with E-state index in [2.05, 4.69) is 9.97 Å². The summed E-state index contributed by atoms with van der Waals surface area (Å²) in [6.07, 6.45) is -14.9. The van der Waals surface area contributed by atoms with E-state index in [9.17, 15) is 36.3 Å². The van der Waals surface area contributed by atoms with E-state index in [1.54, 1.807) is 0 Å². The van der Waals surface area contributed by atoms with Crippen LogP contribution in [0.4, 0.5) is 26.7 Å². The highest BCUT2D eigenvalue weighted by atomic mass is 19.4. The molecule has 2 fully saturated rings. The smallest absolute Gasteiger partial charge is 0.331 e. The van der Waals surface area contributed by atoms with E-state index in [4.69, 9.17) is 16.4 Å². The van der Waals surface area contributed by atoms with E-state index in [0.29, 0.717) is 6.07 Å². The maximum absolute atomic E-state index is 14.8. The SMILES string of the molecule is [2H]C([2H])(N1C[C@H](c2cccc(F)c2F)CC[C@@]([2H])(NC(=O)N2C([2H])([2H])C([2H])([2H])C([2H])(n3c(=O)[nH]c4ncccc43)C([2H])([2H])C2([2H])[2H])C1=O)C(F)(F)F. The third-order valence-corrected chi connectivity index (χ3v) is 6.04. The van der Waals surface area contributed by atoms with Gasteiger partial charge in [-0.3, -0.25) is 14.3 Å². The number of nitrogens with zero attached hydrogens (tertiary/aromatic N) is 4. The van der Waals surface area contributed by atoms with Gasteiger partial charge in [0.15, 0.2) is 17.3 Å². The van der Waals surface area contributed by atoms with Gasteiger partial charge < -0.3 is 15.1 Å². The van der Waals surface area contributed by atoms with E-state index in [0.717, 1.165) is 24.4 Å². The van der Waals surface area contributed by atoms with Crippen molar-refractivity contribution in [1.29, 1.82) is 0 Å². The first-order chi connectivity index (χ1) is 23.5. The van der Waals surface area contributed by atoms with E-state index < -0.39 is 126 Å². The van der Waals surface area contributed by atoms with Crippen molar-refractivity contribution < 1.29 is 48.0 Å². The highest BCUT2D eigenvalue weighted by Gasteiger charge is 2.40. The Bertz CT molecular complexity index is 1980. The number of urea groups is 1.